The van der Waals surface area contributed by atoms with E-state index < -0.39 is 12.0 Å². The molecule has 1 aromatic carbocycles. The standard InChI is InChI=1S/C14H14N2O3/c1-9(17)16-13(6-14(18)19)12-8-15-7-10-4-2-3-5-11(10)12/h2-5,7-8,13H,6H2,1H3,(H,16,17)(H,18,19)/t13-/m0/s1. The maximum absolute atomic E-state index is 11.2. The molecule has 1 heterocycles. The van der Waals surface area contributed by atoms with Crippen LogP contribution in [0.5, 0.6) is 0 Å². The molecule has 0 radical (unpaired) electrons. The Morgan fingerprint density at radius 3 is 2.74 bits per heavy atom. The molecule has 5 heteroatoms. The van der Waals surface area contributed by atoms with Crippen molar-refractivity contribution in [2.24, 2.45) is 0 Å². The average Bonchev–Trinajstić information content (AvgIpc) is 2.36. The van der Waals surface area contributed by atoms with Gasteiger partial charge in [0.15, 0.2) is 0 Å². The number of carbonyl (C=O) groups excluding carboxylic acids is 1. The minimum atomic E-state index is -0.966. The van der Waals surface area contributed by atoms with Crippen LogP contribution in [0.1, 0.15) is 24.9 Å². The molecule has 1 aromatic heterocycles. The van der Waals surface area contributed by atoms with Gasteiger partial charge in [-0.15, -0.1) is 0 Å². The second kappa shape index (κ2) is 5.48. The molecule has 98 valence electrons. The Kier molecular flexibility index (Phi) is 3.75. The molecule has 0 aliphatic heterocycles. The second-order valence-corrected chi connectivity index (χ2v) is 4.30. The van der Waals surface area contributed by atoms with E-state index >= 15 is 0 Å². The first kappa shape index (κ1) is 13.0. The van der Waals surface area contributed by atoms with Crippen LogP contribution < -0.4 is 5.32 Å². The number of carboxylic acids is 1. The molecule has 0 saturated carbocycles. The Morgan fingerprint density at radius 2 is 2.05 bits per heavy atom. The molecule has 0 aliphatic rings. The first-order valence-corrected chi connectivity index (χ1v) is 5.89. The molecular formula is C14H14N2O3. The quantitative estimate of drug-likeness (QED) is 0.877. The summed E-state index contributed by atoms with van der Waals surface area (Å²) in [6, 6.07) is 6.98. The normalized spacial score (nSPS) is 12.1. The lowest BCUT2D eigenvalue weighted by Gasteiger charge is -2.17. The van der Waals surface area contributed by atoms with Gasteiger partial charge in [0.25, 0.3) is 0 Å². The van der Waals surface area contributed by atoms with E-state index in [0.717, 1.165) is 16.3 Å². The molecule has 0 unspecified atom stereocenters. The van der Waals surface area contributed by atoms with Crippen LogP contribution in [0.25, 0.3) is 10.8 Å². The lowest BCUT2D eigenvalue weighted by atomic mass is 9.99. The van der Waals surface area contributed by atoms with Crippen molar-refractivity contribution < 1.29 is 14.7 Å². The van der Waals surface area contributed by atoms with Crippen molar-refractivity contribution in [3.05, 3.63) is 42.2 Å². The van der Waals surface area contributed by atoms with Gasteiger partial charge in [-0.2, -0.15) is 0 Å². The zero-order valence-corrected chi connectivity index (χ0v) is 10.5. The van der Waals surface area contributed by atoms with Gasteiger partial charge < -0.3 is 10.4 Å². The lowest BCUT2D eigenvalue weighted by Crippen LogP contribution is -2.28. The molecule has 0 fully saturated rings. The predicted octanol–water partition coefficient (Wildman–Crippen LogP) is 1.89. The number of carboxylic acid groups (broad SMARTS) is 1. The van der Waals surface area contributed by atoms with Crippen molar-refractivity contribution in [3.63, 3.8) is 0 Å². The van der Waals surface area contributed by atoms with E-state index in [1.807, 2.05) is 24.3 Å². The number of aromatic nitrogens is 1. The molecule has 0 spiro atoms. The number of hydrogen-bond donors (Lipinski definition) is 2. The number of aliphatic carboxylic acids is 1. The van der Waals surface area contributed by atoms with Crippen LogP contribution in [0.3, 0.4) is 0 Å². The number of nitrogens with zero attached hydrogens (tertiary/aromatic N) is 1. The average molecular weight is 258 g/mol. The van der Waals surface area contributed by atoms with Gasteiger partial charge in [-0.05, 0) is 5.39 Å². The summed E-state index contributed by atoms with van der Waals surface area (Å²) in [6.07, 6.45) is 3.14. The minimum Gasteiger partial charge on any atom is -0.481 e. The fourth-order valence-electron chi connectivity index (χ4n) is 2.08. The van der Waals surface area contributed by atoms with E-state index in [0.29, 0.717) is 0 Å². The first-order valence-electron chi connectivity index (χ1n) is 5.89. The van der Waals surface area contributed by atoms with Gasteiger partial charge in [0.05, 0.1) is 12.5 Å². The van der Waals surface area contributed by atoms with Gasteiger partial charge >= 0.3 is 5.97 Å². The number of benzene rings is 1. The minimum absolute atomic E-state index is 0.171. The van der Waals surface area contributed by atoms with Gasteiger partial charge in [-0.3, -0.25) is 14.6 Å². The van der Waals surface area contributed by atoms with E-state index in [4.69, 9.17) is 5.11 Å². The monoisotopic (exact) mass is 258 g/mol. The largest absolute Gasteiger partial charge is 0.481 e. The molecule has 1 atom stereocenters. The third kappa shape index (κ3) is 3.07. The zero-order valence-electron chi connectivity index (χ0n) is 10.5. The van der Waals surface area contributed by atoms with Gasteiger partial charge in [0.1, 0.15) is 0 Å². The van der Waals surface area contributed by atoms with Gasteiger partial charge in [0.2, 0.25) is 5.91 Å². The van der Waals surface area contributed by atoms with Crippen molar-refractivity contribution in [2.45, 2.75) is 19.4 Å². The van der Waals surface area contributed by atoms with Crippen molar-refractivity contribution >= 4 is 22.6 Å². The van der Waals surface area contributed by atoms with Crippen LogP contribution in [0.15, 0.2) is 36.7 Å². The maximum atomic E-state index is 11.2. The fraction of sp³-hybridized carbons (Fsp3) is 0.214. The van der Waals surface area contributed by atoms with E-state index in [9.17, 15) is 9.59 Å². The Morgan fingerprint density at radius 1 is 1.32 bits per heavy atom. The van der Waals surface area contributed by atoms with E-state index in [1.165, 1.54) is 6.92 Å². The summed E-state index contributed by atoms with van der Waals surface area (Å²) in [7, 11) is 0. The van der Waals surface area contributed by atoms with Crippen molar-refractivity contribution in [1.29, 1.82) is 0 Å². The van der Waals surface area contributed by atoms with Crippen molar-refractivity contribution in [1.82, 2.24) is 10.3 Å². The number of hydrogen-bond acceptors (Lipinski definition) is 3. The number of nitrogens with one attached hydrogen (secondary N) is 1. The fourth-order valence-corrected chi connectivity index (χ4v) is 2.08. The molecule has 0 saturated heterocycles. The van der Waals surface area contributed by atoms with Crippen molar-refractivity contribution in [3.8, 4) is 0 Å². The van der Waals surface area contributed by atoms with Gasteiger partial charge in [-0.25, -0.2) is 0 Å². The summed E-state index contributed by atoms with van der Waals surface area (Å²) < 4.78 is 0. The molecule has 2 aromatic rings. The highest BCUT2D eigenvalue weighted by Crippen LogP contribution is 2.25. The van der Waals surface area contributed by atoms with Gasteiger partial charge in [0, 0.05) is 30.3 Å². The highest BCUT2D eigenvalue weighted by molar-refractivity contribution is 5.86. The number of rotatable bonds is 4. The molecule has 19 heavy (non-hydrogen) atoms. The predicted molar refractivity (Wildman–Crippen MR) is 70.6 cm³/mol. The summed E-state index contributed by atoms with van der Waals surface area (Å²) in [5.41, 5.74) is 0.718. The Bertz CT molecular complexity index is 604. The number of fused-ring (bicyclic) bond motifs is 1. The smallest absolute Gasteiger partial charge is 0.305 e. The third-order valence-corrected chi connectivity index (χ3v) is 2.83. The summed E-state index contributed by atoms with van der Waals surface area (Å²) in [5.74, 6) is -1.23. The number of pyridine rings is 1. The Hall–Kier alpha value is -2.43. The van der Waals surface area contributed by atoms with Crippen LogP contribution in [-0.4, -0.2) is 22.0 Å². The SMILES string of the molecule is CC(=O)N[C@@H](CC(=O)O)c1cncc2ccccc12. The van der Waals surface area contributed by atoms with Crippen LogP contribution in [-0.2, 0) is 9.59 Å². The lowest BCUT2D eigenvalue weighted by molar-refractivity contribution is -0.137. The third-order valence-electron chi connectivity index (χ3n) is 2.83. The molecule has 5 nitrogen and oxygen atoms in total. The Balaban J connectivity index is 2.48. The highest BCUT2D eigenvalue weighted by atomic mass is 16.4. The summed E-state index contributed by atoms with van der Waals surface area (Å²) in [5, 5.41) is 13.4. The zero-order chi connectivity index (χ0) is 13.8. The number of amides is 1. The van der Waals surface area contributed by atoms with Crippen LogP contribution >= 0.6 is 0 Å². The number of carbonyl (C=O) groups is 2. The second-order valence-electron chi connectivity index (χ2n) is 4.30. The van der Waals surface area contributed by atoms with Gasteiger partial charge in [-0.1, -0.05) is 24.3 Å². The summed E-state index contributed by atoms with van der Waals surface area (Å²) >= 11 is 0. The first-order chi connectivity index (χ1) is 9.08. The van der Waals surface area contributed by atoms with Crippen LogP contribution in [0.4, 0.5) is 0 Å². The van der Waals surface area contributed by atoms with Crippen molar-refractivity contribution in [2.75, 3.05) is 0 Å². The summed E-state index contributed by atoms with van der Waals surface area (Å²) in [6.45, 7) is 1.37. The van der Waals surface area contributed by atoms with Crippen LogP contribution in [0, 0.1) is 0 Å². The molecule has 0 aliphatic carbocycles. The molecule has 1 amide bonds. The van der Waals surface area contributed by atoms with E-state index in [1.54, 1.807) is 12.4 Å². The van der Waals surface area contributed by atoms with E-state index in [-0.39, 0.29) is 12.3 Å². The van der Waals surface area contributed by atoms with Crippen LogP contribution in [0.2, 0.25) is 0 Å². The maximum Gasteiger partial charge on any atom is 0.305 e. The summed E-state index contributed by atoms with van der Waals surface area (Å²) in [4.78, 5) is 26.3. The highest BCUT2D eigenvalue weighted by Gasteiger charge is 2.19. The molecule has 2 rings (SSSR count). The molecule has 2 N–H and O–H groups in total. The van der Waals surface area contributed by atoms with E-state index in [2.05, 4.69) is 10.3 Å². The Labute approximate surface area is 110 Å². The molecule has 0 bridgehead atoms. The molecular weight excluding hydrogens is 244 g/mol. The topological polar surface area (TPSA) is 79.3 Å².